The van der Waals surface area contributed by atoms with E-state index in [0.29, 0.717) is 28.5 Å². The molecule has 0 aliphatic rings. The largest absolute Gasteiger partial charge is 0.401 e. The van der Waals surface area contributed by atoms with Gasteiger partial charge in [0.05, 0.1) is 17.8 Å². The summed E-state index contributed by atoms with van der Waals surface area (Å²) in [5.74, 6) is 0.113. The Morgan fingerprint density at radius 3 is 2.31 bits per heavy atom. The van der Waals surface area contributed by atoms with Gasteiger partial charge in [-0.05, 0) is 61.0 Å². The maximum atomic E-state index is 13.0. The number of benzene rings is 4. The molecule has 5 aromatic rings. The van der Waals surface area contributed by atoms with Gasteiger partial charge in [0.1, 0.15) is 0 Å². The number of carbonyl (C=O) groups is 1. The molecule has 1 heterocycles. The molecule has 0 bridgehead atoms. The number of nitrogens with zero attached hydrogens (tertiary/aromatic N) is 3. The van der Waals surface area contributed by atoms with Crippen molar-refractivity contribution in [3.8, 4) is 11.3 Å². The third-order valence-corrected chi connectivity index (χ3v) is 6.86. The molecular formula is C33H30F3N5O. The molecule has 0 spiro atoms. The fourth-order valence-electron chi connectivity index (χ4n) is 4.67. The van der Waals surface area contributed by atoms with Gasteiger partial charge in [0, 0.05) is 34.4 Å². The molecule has 0 radical (unpaired) electrons. The number of aryl methyl sites for hydroxylation is 1. The smallest absolute Gasteiger partial charge is 0.324 e. The molecule has 4 aromatic carbocycles. The minimum Gasteiger partial charge on any atom is -0.324 e. The summed E-state index contributed by atoms with van der Waals surface area (Å²) >= 11 is 0. The van der Waals surface area contributed by atoms with Crippen LogP contribution in [0.3, 0.4) is 0 Å². The Balaban J connectivity index is 1.30. The van der Waals surface area contributed by atoms with Crippen molar-refractivity contribution in [2.75, 3.05) is 23.7 Å². The molecule has 6 nitrogen and oxygen atoms in total. The van der Waals surface area contributed by atoms with Crippen molar-refractivity contribution >= 4 is 34.1 Å². The molecule has 9 heteroatoms. The quantitative estimate of drug-likeness (QED) is 0.188. The van der Waals surface area contributed by atoms with Crippen LogP contribution >= 0.6 is 0 Å². The fraction of sp³-hybridized carbons (Fsp3) is 0.182. The van der Waals surface area contributed by atoms with E-state index in [0.717, 1.165) is 27.7 Å². The lowest BCUT2D eigenvalue weighted by Crippen LogP contribution is -2.33. The highest BCUT2D eigenvalue weighted by Gasteiger charge is 2.30. The van der Waals surface area contributed by atoms with Crippen molar-refractivity contribution in [1.82, 2.24) is 14.9 Å². The van der Waals surface area contributed by atoms with Crippen LogP contribution in [0.15, 0.2) is 97.1 Å². The van der Waals surface area contributed by atoms with Gasteiger partial charge in [-0.1, -0.05) is 67.6 Å². The zero-order valence-corrected chi connectivity index (χ0v) is 23.2. The molecule has 0 atom stereocenters. The predicted octanol–water partition coefficient (Wildman–Crippen LogP) is 7.99. The van der Waals surface area contributed by atoms with Gasteiger partial charge >= 0.3 is 6.18 Å². The predicted molar refractivity (Wildman–Crippen MR) is 161 cm³/mol. The second-order valence-corrected chi connectivity index (χ2v) is 10.0. The van der Waals surface area contributed by atoms with E-state index in [1.807, 2.05) is 61.5 Å². The molecule has 1 aromatic heterocycles. The number of rotatable bonds is 9. The second-order valence-electron chi connectivity index (χ2n) is 10.0. The summed E-state index contributed by atoms with van der Waals surface area (Å²) in [4.78, 5) is 23.8. The van der Waals surface area contributed by atoms with E-state index in [1.165, 1.54) is 4.90 Å². The number of amides is 1. The number of hydrogen-bond acceptors (Lipinski definition) is 5. The first-order valence-corrected chi connectivity index (χ1v) is 13.6. The summed E-state index contributed by atoms with van der Waals surface area (Å²) in [6, 6.07) is 30.0. The van der Waals surface area contributed by atoms with Crippen LogP contribution in [0.2, 0.25) is 0 Å². The Labute approximate surface area is 242 Å². The maximum absolute atomic E-state index is 13.0. The van der Waals surface area contributed by atoms with Crippen molar-refractivity contribution < 1.29 is 18.0 Å². The summed E-state index contributed by atoms with van der Waals surface area (Å²) in [6.45, 7) is 2.93. The standard InChI is InChI=1S/C33H30F3N5O/c1-3-41(21-33(34,35)36)20-23-14-13-22(2)29(19-23)38-31(42)25-15-17-26(18-16-25)37-32-39-28-12-8-7-11-27(28)30(40-32)24-9-5-4-6-10-24/h4-19H,3,20-21H2,1-2H3,(H,38,42)(H,37,39,40). The molecule has 0 aliphatic heterocycles. The molecule has 0 unspecified atom stereocenters. The van der Waals surface area contributed by atoms with Crippen molar-refractivity contribution in [3.63, 3.8) is 0 Å². The van der Waals surface area contributed by atoms with Gasteiger partial charge in [-0.2, -0.15) is 13.2 Å². The summed E-state index contributed by atoms with van der Waals surface area (Å²) in [7, 11) is 0. The Morgan fingerprint density at radius 2 is 1.60 bits per heavy atom. The number of para-hydroxylation sites is 1. The van der Waals surface area contributed by atoms with Crippen LogP contribution in [0, 0.1) is 6.92 Å². The van der Waals surface area contributed by atoms with Gasteiger partial charge in [-0.3, -0.25) is 9.69 Å². The van der Waals surface area contributed by atoms with Gasteiger partial charge in [-0.15, -0.1) is 0 Å². The zero-order valence-electron chi connectivity index (χ0n) is 23.2. The van der Waals surface area contributed by atoms with E-state index in [-0.39, 0.29) is 19.0 Å². The van der Waals surface area contributed by atoms with E-state index < -0.39 is 12.7 Å². The molecule has 1 amide bonds. The van der Waals surface area contributed by atoms with Crippen LogP contribution in [0.5, 0.6) is 0 Å². The Kier molecular flexibility index (Phi) is 8.49. The molecule has 214 valence electrons. The van der Waals surface area contributed by atoms with Crippen molar-refractivity contribution in [1.29, 1.82) is 0 Å². The summed E-state index contributed by atoms with van der Waals surface area (Å²) in [5.41, 5.74) is 5.80. The molecular weight excluding hydrogens is 539 g/mol. The monoisotopic (exact) mass is 569 g/mol. The second kappa shape index (κ2) is 12.4. The third kappa shape index (κ3) is 7.11. The average molecular weight is 570 g/mol. The fourth-order valence-corrected chi connectivity index (χ4v) is 4.67. The van der Waals surface area contributed by atoms with E-state index in [1.54, 1.807) is 49.4 Å². The van der Waals surface area contributed by atoms with Crippen molar-refractivity contribution in [3.05, 3.63) is 114 Å². The maximum Gasteiger partial charge on any atom is 0.401 e. The van der Waals surface area contributed by atoms with E-state index in [4.69, 9.17) is 4.98 Å². The Bertz CT molecular complexity index is 1690. The van der Waals surface area contributed by atoms with Crippen LogP contribution in [0.1, 0.15) is 28.4 Å². The van der Waals surface area contributed by atoms with E-state index in [2.05, 4.69) is 15.6 Å². The molecule has 0 saturated carbocycles. The normalized spacial score (nSPS) is 11.6. The first-order chi connectivity index (χ1) is 20.2. The lowest BCUT2D eigenvalue weighted by molar-refractivity contribution is -0.146. The highest BCUT2D eigenvalue weighted by Crippen LogP contribution is 2.28. The van der Waals surface area contributed by atoms with E-state index in [9.17, 15) is 18.0 Å². The topological polar surface area (TPSA) is 70.2 Å². The molecule has 0 saturated heterocycles. The number of alkyl halides is 3. The van der Waals surface area contributed by atoms with Gasteiger partial charge in [0.15, 0.2) is 0 Å². The first kappa shape index (κ1) is 28.8. The minimum absolute atomic E-state index is 0.127. The Morgan fingerprint density at radius 1 is 0.881 bits per heavy atom. The van der Waals surface area contributed by atoms with Gasteiger partial charge in [-0.25, -0.2) is 9.97 Å². The number of aromatic nitrogens is 2. The third-order valence-electron chi connectivity index (χ3n) is 6.86. The Hall–Kier alpha value is -4.76. The van der Waals surface area contributed by atoms with Gasteiger partial charge < -0.3 is 10.6 Å². The van der Waals surface area contributed by atoms with Gasteiger partial charge in [0.25, 0.3) is 5.91 Å². The molecule has 0 aliphatic carbocycles. The highest BCUT2D eigenvalue weighted by molar-refractivity contribution is 6.05. The summed E-state index contributed by atoms with van der Waals surface area (Å²) in [5, 5.41) is 7.08. The van der Waals surface area contributed by atoms with Gasteiger partial charge in [0.2, 0.25) is 5.95 Å². The first-order valence-electron chi connectivity index (χ1n) is 13.6. The van der Waals surface area contributed by atoms with Crippen molar-refractivity contribution in [2.45, 2.75) is 26.6 Å². The average Bonchev–Trinajstić information content (AvgIpc) is 2.98. The molecule has 2 N–H and O–H groups in total. The molecule has 42 heavy (non-hydrogen) atoms. The van der Waals surface area contributed by atoms with Crippen LogP contribution in [0.25, 0.3) is 22.2 Å². The summed E-state index contributed by atoms with van der Waals surface area (Å²) in [6.07, 6.45) is -4.27. The summed E-state index contributed by atoms with van der Waals surface area (Å²) < 4.78 is 38.7. The SMILES string of the molecule is CCN(Cc1ccc(C)c(NC(=O)c2ccc(Nc3nc(-c4ccccc4)c4ccccc4n3)cc2)c1)CC(F)(F)F. The van der Waals surface area contributed by atoms with Crippen LogP contribution in [-0.2, 0) is 6.54 Å². The van der Waals surface area contributed by atoms with E-state index >= 15 is 0 Å². The lowest BCUT2D eigenvalue weighted by atomic mass is 10.1. The molecule has 0 fully saturated rings. The minimum atomic E-state index is -4.27. The lowest BCUT2D eigenvalue weighted by Gasteiger charge is -2.22. The number of anilines is 3. The number of nitrogens with one attached hydrogen (secondary N) is 2. The zero-order chi connectivity index (χ0) is 29.7. The highest BCUT2D eigenvalue weighted by atomic mass is 19.4. The van der Waals surface area contributed by atoms with Crippen molar-refractivity contribution in [2.24, 2.45) is 0 Å². The number of halogens is 3. The van der Waals surface area contributed by atoms with Crippen LogP contribution < -0.4 is 10.6 Å². The number of carbonyl (C=O) groups excluding carboxylic acids is 1. The number of hydrogen-bond donors (Lipinski definition) is 2. The molecule has 5 rings (SSSR count). The van der Waals surface area contributed by atoms with Crippen LogP contribution in [0.4, 0.5) is 30.5 Å². The van der Waals surface area contributed by atoms with Crippen LogP contribution in [-0.4, -0.2) is 40.0 Å². The number of fused-ring (bicyclic) bond motifs is 1.